The number of hydrogen-bond donors (Lipinski definition) is 1. The number of thioether (sulfide) groups is 1. The molecule has 1 aromatic carbocycles. The molecule has 1 aromatic rings. The van der Waals surface area contributed by atoms with E-state index >= 15 is 0 Å². The first-order valence-corrected chi connectivity index (χ1v) is 5.83. The van der Waals surface area contributed by atoms with Gasteiger partial charge in [0, 0.05) is 12.3 Å². The fourth-order valence-corrected chi connectivity index (χ4v) is 1.22. The second-order valence-corrected chi connectivity index (χ2v) is 3.53. The average Bonchev–Trinajstić information content (AvgIpc) is 2.28. The molecule has 0 unspecified atom stereocenters. The van der Waals surface area contributed by atoms with Crippen molar-refractivity contribution in [1.82, 2.24) is 5.32 Å². The van der Waals surface area contributed by atoms with Gasteiger partial charge in [-0.2, -0.15) is 0 Å². The molecule has 0 fully saturated rings. The molecule has 78 valence electrons. The lowest BCUT2D eigenvalue weighted by molar-refractivity contribution is -0.115. The van der Waals surface area contributed by atoms with Gasteiger partial charge in [-0.1, -0.05) is 30.3 Å². The topological polar surface area (TPSA) is 29.1 Å². The van der Waals surface area contributed by atoms with E-state index in [1.54, 1.807) is 11.6 Å². The number of benzene rings is 1. The Morgan fingerprint density at radius 3 is 2.73 bits per heavy atom. The monoisotopic (exact) mass is 219 g/mol. The Kier molecular flexibility index (Phi) is 5.33. The van der Waals surface area contributed by atoms with Gasteiger partial charge in [-0.3, -0.25) is 4.79 Å². The molecule has 0 radical (unpaired) electrons. The summed E-state index contributed by atoms with van der Waals surface area (Å²) in [5.74, 6) is -0.114. The first-order valence-electron chi connectivity index (χ1n) is 4.54. The molecule has 0 aromatic heterocycles. The summed E-state index contributed by atoms with van der Waals surface area (Å²) in [6.07, 6.45) is 6.90. The van der Waals surface area contributed by atoms with Crippen molar-refractivity contribution in [3.05, 3.63) is 53.6 Å². The zero-order valence-corrected chi connectivity index (χ0v) is 9.33. The van der Waals surface area contributed by atoms with Gasteiger partial charge in [0.1, 0.15) is 0 Å². The van der Waals surface area contributed by atoms with Crippen molar-refractivity contribution < 1.29 is 4.79 Å². The minimum Gasteiger partial charge on any atom is -0.329 e. The van der Waals surface area contributed by atoms with Gasteiger partial charge in [0.15, 0.2) is 0 Å². The summed E-state index contributed by atoms with van der Waals surface area (Å²) in [6.45, 7) is 0. The molecule has 0 spiro atoms. The summed E-state index contributed by atoms with van der Waals surface area (Å²) >= 11 is 1.49. The molecule has 0 aliphatic rings. The SMILES string of the molecule is CS/C=C/C(=O)N/C=C/c1ccccc1. The van der Waals surface area contributed by atoms with Gasteiger partial charge >= 0.3 is 0 Å². The van der Waals surface area contributed by atoms with Crippen LogP contribution in [0.1, 0.15) is 5.56 Å². The van der Waals surface area contributed by atoms with Gasteiger partial charge < -0.3 is 5.32 Å². The Bertz CT molecular complexity index is 357. The van der Waals surface area contributed by atoms with Crippen LogP contribution in [0.3, 0.4) is 0 Å². The lowest BCUT2D eigenvalue weighted by Gasteiger charge is -1.93. The smallest absolute Gasteiger partial charge is 0.248 e. The second-order valence-electron chi connectivity index (χ2n) is 2.79. The van der Waals surface area contributed by atoms with Gasteiger partial charge in [0.05, 0.1) is 0 Å². The molecule has 1 amide bonds. The standard InChI is InChI=1S/C12H13NOS/c1-15-10-8-12(14)13-9-7-11-5-3-2-4-6-11/h2-10H,1H3,(H,13,14)/b9-7+,10-8+. The maximum atomic E-state index is 11.1. The molecule has 0 aliphatic carbocycles. The molecule has 15 heavy (non-hydrogen) atoms. The van der Waals surface area contributed by atoms with E-state index in [1.807, 2.05) is 42.7 Å². The predicted molar refractivity (Wildman–Crippen MR) is 66.3 cm³/mol. The number of nitrogens with one attached hydrogen (secondary N) is 1. The van der Waals surface area contributed by atoms with Crippen molar-refractivity contribution in [1.29, 1.82) is 0 Å². The lowest BCUT2D eigenvalue weighted by atomic mass is 10.2. The van der Waals surface area contributed by atoms with Gasteiger partial charge in [0.25, 0.3) is 0 Å². The van der Waals surface area contributed by atoms with Crippen LogP contribution in [0.2, 0.25) is 0 Å². The quantitative estimate of drug-likeness (QED) is 0.789. The zero-order chi connectivity index (χ0) is 10.9. The van der Waals surface area contributed by atoms with Crippen molar-refractivity contribution in [3.8, 4) is 0 Å². The highest BCUT2D eigenvalue weighted by molar-refractivity contribution is 8.01. The largest absolute Gasteiger partial charge is 0.329 e. The molecule has 2 nitrogen and oxygen atoms in total. The van der Waals surface area contributed by atoms with Crippen LogP contribution in [-0.4, -0.2) is 12.2 Å². The van der Waals surface area contributed by atoms with Gasteiger partial charge in [-0.15, -0.1) is 11.8 Å². The summed E-state index contributed by atoms with van der Waals surface area (Å²) in [4.78, 5) is 11.1. The third-order valence-corrected chi connectivity index (χ3v) is 2.06. The number of carbonyl (C=O) groups excluding carboxylic acids is 1. The van der Waals surface area contributed by atoms with Crippen LogP contribution in [-0.2, 0) is 4.79 Å². The highest BCUT2D eigenvalue weighted by atomic mass is 32.2. The van der Waals surface area contributed by atoms with Crippen LogP contribution in [0, 0.1) is 0 Å². The first-order chi connectivity index (χ1) is 7.33. The van der Waals surface area contributed by atoms with E-state index < -0.39 is 0 Å². The maximum absolute atomic E-state index is 11.1. The zero-order valence-electron chi connectivity index (χ0n) is 8.51. The van der Waals surface area contributed by atoms with Crippen LogP contribution >= 0.6 is 11.8 Å². The van der Waals surface area contributed by atoms with Crippen molar-refractivity contribution in [2.24, 2.45) is 0 Å². The number of rotatable bonds is 4. The molecule has 1 rings (SSSR count). The van der Waals surface area contributed by atoms with Crippen molar-refractivity contribution in [2.75, 3.05) is 6.26 Å². The van der Waals surface area contributed by atoms with E-state index in [-0.39, 0.29) is 5.91 Å². The highest BCUT2D eigenvalue weighted by Crippen LogP contribution is 1.99. The van der Waals surface area contributed by atoms with Crippen LogP contribution < -0.4 is 5.32 Å². The summed E-state index contributed by atoms with van der Waals surface area (Å²) in [6, 6.07) is 9.81. The van der Waals surface area contributed by atoms with Gasteiger partial charge in [0.2, 0.25) is 5.91 Å². The third kappa shape index (κ3) is 5.08. The molecule has 0 aliphatic heterocycles. The first kappa shape index (κ1) is 11.6. The number of hydrogen-bond acceptors (Lipinski definition) is 2. The molecule has 0 saturated carbocycles. The van der Waals surface area contributed by atoms with Crippen LogP contribution in [0.15, 0.2) is 48.0 Å². The minimum atomic E-state index is -0.114. The summed E-state index contributed by atoms with van der Waals surface area (Å²) in [7, 11) is 0. The molecule has 0 heterocycles. The Morgan fingerprint density at radius 2 is 2.07 bits per heavy atom. The Labute approximate surface area is 94.1 Å². The van der Waals surface area contributed by atoms with Gasteiger partial charge in [-0.05, 0) is 23.3 Å². The van der Waals surface area contributed by atoms with Crippen molar-refractivity contribution in [3.63, 3.8) is 0 Å². The minimum absolute atomic E-state index is 0.114. The third-order valence-electron chi connectivity index (χ3n) is 1.66. The van der Waals surface area contributed by atoms with E-state index in [2.05, 4.69) is 5.32 Å². The Hall–Kier alpha value is -1.48. The fourth-order valence-electron chi connectivity index (χ4n) is 0.962. The van der Waals surface area contributed by atoms with Crippen LogP contribution in [0.5, 0.6) is 0 Å². The summed E-state index contributed by atoms with van der Waals surface area (Å²) < 4.78 is 0. The van der Waals surface area contributed by atoms with Crippen molar-refractivity contribution in [2.45, 2.75) is 0 Å². The average molecular weight is 219 g/mol. The molecule has 3 heteroatoms. The lowest BCUT2D eigenvalue weighted by Crippen LogP contribution is -2.12. The van der Waals surface area contributed by atoms with E-state index in [4.69, 9.17) is 0 Å². The highest BCUT2D eigenvalue weighted by Gasteiger charge is 1.88. The molecule has 0 bridgehead atoms. The summed E-state index contributed by atoms with van der Waals surface area (Å²) in [5, 5.41) is 4.39. The second kappa shape index (κ2) is 6.90. The van der Waals surface area contributed by atoms with E-state index in [0.29, 0.717) is 0 Å². The number of carbonyl (C=O) groups is 1. The van der Waals surface area contributed by atoms with Gasteiger partial charge in [-0.25, -0.2) is 0 Å². The van der Waals surface area contributed by atoms with E-state index in [0.717, 1.165) is 5.56 Å². The van der Waals surface area contributed by atoms with E-state index in [9.17, 15) is 4.79 Å². The van der Waals surface area contributed by atoms with E-state index in [1.165, 1.54) is 17.8 Å². The maximum Gasteiger partial charge on any atom is 0.248 e. The molecule has 1 N–H and O–H groups in total. The number of amides is 1. The Morgan fingerprint density at radius 1 is 1.33 bits per heavy atom. The van der Waals surface area contributed by atoms with Crippen LogP contribution in [0.4, 0.5) is 0 Å². The fraction of sp³-hybridized carbons (Fsp3) is 0.0833. The predicted octanol–water partition coefficient (Wildman–Crippen LogP) is 2.65. The van der Waals surface area contributed by atoms with Crippen molar-refractivity contribution >= 4 is 23.7 Å². The molecule has 0 atom stereocenters. The molecular formula is C12H13NOS. The summed E-state index contributed by atoms with van der Waals surface area (Å²) in [5.41, 5.74) is 1.06. The molecular weight excluding hydrogens is 206 g/mol. The normalized spacial score (nSPS) is 11.0. The Balaban J connectivity index is 2.40. The molecule has 0 saturated heterocycles. The van der Waals surface area contributed by atoms with Crippen LogP contribution in [0.25, 0.3) is 6.08 Å².